The number of likely N-dealkylation sites (tertiary alicyclic amines) is 1. The van der Waals surface area contributed by atoms with E-state index in [1.807, 2.05) is 36.1 Å². The average molecular weight is 259 g/mol. The molecule has 4 nitrogen and oxygen atoms in total. The highest BCUT2D eigenvalue weighted by Crippen LogP contribution is 2.18. The summed E-state index contributed by atoms with van der Waals surface area (Å²) in [5.41, 5.74) is 2.00. The van der Waals surface area contributed by atoms with Gasteiger partial charge in [0.2, 0.25) is 0 Å². The number of nitrogens with one attached hydrogen (secondary N) is 1. The van der Waals surface area contributed by atoms with Crippen LogP contribution in [0.5, 0.6) is 0 Å². The lowest BCUT2D eigenvalue weighted by atomic mass is 10.0. The van der Waals surface area contributed by atoms with Crippen LogP contribution < -0.4 is 5.32 Å². The van der Waals surface area contributed by atoms with Crippen LogP contribution >= 0.6 is 0 Å². The molecule has 0 saturated carbocycles. The van der Waals surface area contributed by atoms with Gasteiger partial charge in [0.25, 0.3) is 5.91 Å². The van der Waals surface area contributed by atoms with E-state index in [1.165, 1.54) is 5.56 Å². The highest BCUT2D eigenvalue weighted by Gasteiger charge is 2.35. The summed E-state index contributed by atoms with van der Waals surface area (Å²) < 4.78 is 0. The third-order valence-electron chi connectivity index (χ3n) is 4.12. The fourth-order valence-electron chi connectivity index (χ4n) is 2.78. The number of rotatable bonds is 2. The molecular weight excluding hydrogens is 238 g/mol. The lowest BCUT2D eigenvalue weighted by molar-refractivity contribution is 0.0227. The molecule has 0 atom stereocenters. The molecule has 2 fully saturated rings. The van der Waals surface area contributed by atoms with Crippen molar-refractivity contribution in [1.29, 1.82) is 0 Å². The standard InChI is InChI=1S/C15H21N3O/c1-12-2-4-13(5-3-12)15(19)18-10-14(11-18)17-8-6-16-7-9-17/h2-5,14,16H,6-11H2,1H3. The number of hydrogen-bond donors (Lipinski definition) is 1. The molecule has 0 bridgehead atoms. The second-order valence-corrected chi connectivity index (χ2v) is 5.52. The second kappa shape index (κ2) is 5.31. The molecule has 102 valence electrons. The van der Waals surface area contributed by atoms with Crippen molar-refractivity contribution in [3.8, 4) is 0 Å². The molecule has 2 saturated heterocycles. The smallest absolute Gasteiger partial charge is 0.253 e. The van der Waals surface area contributed by atoms with E-state index in [-0.39, 0.29) is 5.91 Å². The fourth-order valence-corrected chi connectivity index (χ4v) is 2.78. The molecule has 2 aliphatic rings. The van der Waals surface area contributed by atoms with Crippen molar-refractivity contribution in [3.63, 3.8) is 0 Å². The van der Waals surface area contributed by atoms with Crippen LogP contribution in [0.4, 0.5) is 0 Å². The van der Waals surface area contributed by atoms with Gasteiger partial charge in [-0.15, -0.1) is 0 Å². The lowest BCUT2D eigenvalue weighted by Crippen LogP contribution is -2.63. The zero-order valence-corrected chi connectivity index (χ0v) is 11.4. The molecule has 1 N–H and O–H groups in total. The fraction of sp³-hybridized carbons (Fsp3) is 0.533. The van der Waals surface area contributed by atoms with E-state index < -0.39 is 0 Å². The normalized spacial score (nSPS) is 21.2. The van der Waals surface area contributed by atoms with Crippen LogP contribution in [0.1, 0.15) is 15.9 Å². The van der Waals surface area contributed by atoms with Crippen molar-refractivity contribution in [1.82, 2.24) is 15.1 Å². The predicted octanol–water partition coefficient (Wildman–Crippen LogP) is 0.725. The Morgan fingerprint density at radius 3 is 2.42 bits per heavy atom. The number of aryl methyl sites for hydroxylation is 1. The van der Waals surface area contributed by atoms with Crippen LogP contribution in [0.15, 0.2) is 24.3 Å². The van der Waals surface area contributed by atoms with Gasteiger partial charge < -0.3 is 10.2 Å². The quantitative estimate of drug-likeness (QED) is 0.850. The molecule has 1 aromatic carbocycles. The minimum Gasteiger partial charge on any atom is -0.335 e. The molecular formula is C15H21N3O. The number of carbonyl (C=O) groups excluding carboxylic acids is 1. The van der Waals surface area contributed by atoms with Crippen LogP contribution in [0.2, 0.25) is 0 Å². The lowest BCUT2D eigenvalue weighted by Gasteiger charge is -2.46. The van der Waals surface area contributed by atoms with Crippen molar-refractivity contribution in [2.45, 2.75) is 13.0 Å². The highest BCUT2D eigenvalue weighted by molar-refractivity contribution is 5.94. The molecule has 1 amide bonds. The Morgan fingerprint density at radius 1 is 1.16 bits per heavy atom. The summed E-state index contributed by atoms with van der Waals surface area (Å²) >= 11 is 0. The summed E-state index contributed by atoms with van der Waals surface area (Å²) in [6.45, 7) is 8.16. The van der Waals surface area contributed by atoms with Crippen LogP contribution in [-0.2, 0) is 0 Å². The van der Waals surface area contributed by atoms with E-state index in [1.54, 1.807) is 0 Å². The number of nitrogens with zero attached hydrogens (tertiary/aromatic N) is 2. The molecule has 0 spiro atoms. The molecule has 0 radical (unpaired) electrons. The van der Waals surface area contributed by atoms with Crippen LogP contribution in [-0.4, -0.2) is 61.0 Å². The molecule has 0 aromatic heterocycles. The maximum Gasteiger partial charge on any atom is 0.253 e. The Labute approximate surface area is 114 Å². The van der Waals surface area contributed by atoms with Gasteiger partial charge >= 0.3 is 0 Å². The number of hydrogen-bond acceptors (Lipinski definition) is 3. The third-order valence-corrected chi connectivity index (χ3v) is 4.12. The van der Waals surface area contributed by atoms with Crippen molar-refractivity contribution in [2.75, 3.05) is 39.3 Å². The highest BCUT2D eigenvalue weighted by atomic mass is 16.2. The van der Waals surface area contributed by atoms with Crippen molar-refractivity contribution >= 4 is 5.91 Å². The van der Waals surface area contributed by atoms with Crippen LogP contribution in [0, 0.1) is 6.92 Å². The molecule has 19 heavy (non-hydrogen) atoms. The minimum atomic E-state index is 0.173. The first-order valence-corrected chi connectivity index (χ1v) is 7.05. The van der Waals surface area contributed by atoms with Gasteiger partial charge in [0.15, 0.2) is 0 Å². The van der Waals surface area contributed by atoms with E-state index in [9.17, 15) is 4.79 Å². The average Bonchev–Trinajstić information content (AvgIpc) is 2.39. The maximum atomic E-state index is 12.3. The first-order chi connectivity index (χ1) is 9.24. The molecule has 0 aliphatic carbocycles. The van der Waals surface area contributed by atoms with E-state index in [0.717, 1.165) is 44.8 Å². The summed E-state index contributed by atoms with van der Waals surface area (Å²) in [4.78, 5) is 16.7. The van der Waals surface area contributed by atoms with Gasteiger partial charge in [-0.2, -0.15) is 0 Å². The summed E-state index contributed by atoms with van der Waals surface area (Å²) in [5.74, 6) is 0.173. The first-order valence-electron chi connectivity index (χ1n) is 7.05. The van der Waals surface area contributed by atoms with Crippen molar-refractivity contribution < 1.29 is 4.79 Å². The Bertz CT molecular complexity index is 445. The van der Waals surface area contributed by atoms with Crippen LogP contribution in [0.3, 0.4) is 0 Å². The van der Waals surface area contributed by atoms with E-state index in [2.05, 4.69) is 10.2 Å². The Kier molecular flexibility index (Phi) is 3.53. The zero-order valence-electron chi connectivity index (χ0n) is 11.4. The van der Waals surface area contributed by atoms with Crippen LogP contribution in [0.25, 0.3) is 0 Å². The SMILES string of the molecule is Cc1ccc(C(=O)N2CC(N3CCNCC3)C2)cc1. The van der Waals surface area contributed by atoms with Gasteiger partial charge in [0.1, 0.15) is 0 Å². The summed E-state index contributed by atoms with van der Waals surface area (Å²) in [7, 11) is 0. The molecule has 3 rings (SSSR count). The van der Waals surface area contributed by atoms with Gasteiger partial charge in [0.05, 0.1) is 0 Å². The largest absolute Gasteiger partial charge is 0.335 e. The topological polar surface area (TPSA) is 35.6 Å². The number of benzene rings is 1. The second-order valence-electron chi connectivity index (χ2n) is 5.52. The molecule has 2 aliphatic heterocycles. The predicted molar refractivity (Wildman–Crippen MR) is 75.3 cm³/mol. The van der Waals surface area contributed by atoms with E-state index in [4.69, 9.17) is 0 Å². The first kappa shape index (κ1) is 12.6. The minimum absolute atomic E-state index is 0.173. The van der Waals surface area contributed by atoms with Gasteiger partial charge in [-0.25, -0.2) is 0 Å². The number of carbonyl (C=O) groups is 1. The van der Waals surface area contributed by atoms with Gasteiger partial charge in [-0.3, -0.25) is 9.69 Å². The molecule has 4 heteroatoms. The number of amides is 1. The van der Waals surface area contributed by atoms with Gasteiger partial charge in [-0.1, -0.05) is 17.7 Å². The Balaban J connectivity index is 1.55. The van der Waals surface area contributed by atoms with Gasteiger partial charge in [0, 0.05) is 50.9 Å². The molecule has 1 aromatic rings. The van der Waals surface area contributed by atoms with Crippen molar-refractivity contribution in [2.24, 2.45) is 0 Å². The van der Waals surface area contributed by atoms with E-state index in [0.29, 0.717) is 6.04 Å². The molecule has 2 heterocycles. The van der Waals surface area contributed by atoms with Gasteiger partial charge in [-0.05, 0) is 19.1 Å². The molecule has 0 unspecified atom stereocenters. The summed E-state index contributed by atoms with van der Waals surface area (Å²) in [5, 5.41) is 3.36. The monoisotopic (exact) mass is 259 g/mol. The Morgan fingerprint density at radius 2 is 1.79 bits per heavy atom. The number of piperazine rings is 1. The maximum absolute atomic E-state index is 12.3. The van der Waals surface area contributed by atoms with E-state index >= 15 is 0 Å². The summed E-state index contributed by atoms with van der Waals surface area (Å²) in [6, 6.07) is 8.42. The zero-order chi connectivity index (χ0) is 13.2. The van der Waals surface area contributed by atoms with Crippen molar-refractivity contribution in [3.05, 3.63) is 35.4 Å². The Hall–Kier alpha value is -1.39. The summed E-state index contributed by atoms with van der Waals surface area (Å²) in [6.07, 6.45) is 0. The third kappa shape index (κ3) is 2.65.